The van der Waals surface area contributed by atoms with Crippen molar-refractivity contribution in [2.24, 2.45) is 0 Å². The normalized spacial score (nSPS) is 18.1. The maximum atomic E-state index is 13.1. The van der Waals surface area contributed by atoms with Crippen LogP contribution in [-0.2, 0) is 11.2 Å². The number of aryl methyl sites for hydroxylation is 1. The minimum atomic E-state index is -0.166. The minimum absolute atomic E-state index is 0.0348. The molecule has 0 N–H and O–H groups in total. The zero-order valence-corrected chi connectivity index (χ0v) is 17.5. The smallest absolute Gasteiger partial charge is 0.233 e. The molecule has 4 heteroatoms. The van der Waals surface area contributed by atoms with Crippen molar-refractivity contribution in [1.82, 2.24) is 4.90 Å². The highest BCUT2D eigenvalue weighted by Gasteiger charge is 2.48. The monoisotopic (exact) mass is 401 g/mol. The molecular formula is C26H27NO3. The molecule has 0 bridgehead atoms. The maximum absolute atomic E-state index is 13.1. The molecule has 1 aliphatic heterocycles. The number of hydrogen-bond donors (Lipinski definition) is 0. The SMILES string of the molecule is COc1ccc([C@H]2C(=O)N(CCCc3ccccc3)[C@@H]2c2ccc(OC)cc2)cc1. The number of ether oxygens (including phenoxy) is 2. The number of β-lactam (4-membered cyclic amide) rings is 1. The lowest BCUT2D eigenvalue weighted by Crippen LogP contribution is -2.53. The van der Waals surface area contributed by atoms with Crippen LogP contribution in [0, 0.1) is 0 Å². The molecule has 2 atom stereocenters. The summed E-state index contributed by atoms with van der Waals surface area (Å²) in [5, 5.41) is 0. The summed E-state index contributed by atoms with van der Waals surface area (Å²) in [7, 11) is 3.32. The van der Waals surface area contributed by atoms with Gasteiger partial charge in [0.2, 0.25) is 5.91 Å². The summed E-state index contributed by atoms with van der Waals surface area (Å²) in [5.41, 5.74) is 3.47. The van der Waals surface area contributed by atoms with Gasteiger partial charge in [0.15, 0.2) is 0 Å². The van der Waals surface area contributed by atoms with Crippen molar-refractivity contribution in [3.8, 4) is 11.5 Å². The summed E-state index contributed by atoms with van der Waals surface area (Å²) in [6.45, 7) is 0.747. The van der Waals surface area contributed by atoms with Gasteiger partial charge in [0.25, 0.3) is 0 Å². The Bertz CT molecular complexity index is 967. The van der Waals surface area contributed by atoms with Crippen LogP contribution < -0.4 is 9.47 Å². The fourth-order valence-electron chi connectivity index (χ4n) is 4.21. The number of likely N-dealkylation sites (tertiary alicyclic amines) is 1. The third kappa shape index (κ3) is 4.04. The first-order chi connectivity index (χ1) is 14.7. The molecule has 1 aliphatic rings. The highest BCUT2D eigenvalue weighted by molar-refractivity contribution is 5.91. The molecule has 1 amide bonds. The number of rotatable bonds is 8. The van der Waals surface area contributed by atoms with Gasteiger partial charge in [-0.05, 0) is 53.8 Å². The molecule has 1 saturated heterocycles. The molecule has 0 aromatic heterocycles. The van der Waals surface area contributed by atoms with Gasteiger partial charge in [0.05, 0.1) is 26.2 Å². The number of carbonyl (C=O) groups excluding carboxylic acids is 1. The van der Waals surface area contributed by atoms with Crippen molar-refractivity contribution in [2.45, 2.75) is 24.8 Å². The topological polar surface area (TPSA) is 38.8 Å². The molecule has 0 unspecified atom stereocenters. The van der Waals surface area contributed by atoms with Crippen molar-refractivity contribution in [3.05, 3.63) is 95.6 Å². The molecule has 0 radical (unpaired) electrons. The second kappa shape index (κ2) is 9.04. The molecule has 0 spiro atoms. The molecule has 3 aromatic carbocycles. The Morgan fingerprint density at radius 3 is 1.90 bits per heavy atom. The van der Waals surface area contributed by atoms with Crippen LogP contribution >= 0.6 is 0 Å². The first-order valence-corrected chi connectivity index (χ1v) is 10.3. The van der Waals surface area contributed by atoms with E-state index >= 15 is 0 Å². The van der Waals surface area contributed by atoms with Crippen molar-refractivity contribution in [3.63, 3.8) is 0 Å². The Labute approximate surface area is 178 Å². The van der Waals surface area contributed by atoms with E-state index in [1.807, 2.05) is 47.4 Å². The highest BCUT2D eigenvalue weighted by atomic mass is 16.5. The number of nitrogens with zero attached hydrogens (tertiary/aromatic N) is 1. The second-order valence-corrected chi connectivity index (χ2v) is 7.59. The standard InChI is InChI=1S/C26H27NO3/c1-29-22-14-10-20(11-15-22)24-25(21-12-16-23(30-2)17-13-21)27(26(24)28)18-6-9-19-7-4-3-5-8-19/h3-5,7-8,10-17,24-25H,6,9,18H2,1-2H3/t24-,25-/m1/s1. The molecule has 3 aromatic rings. The fourth-order valence-corrected chi connectivity index (χ4v) is 4.21. The summed E-state index contributed by atoms with van der Waals surface area (Å²) >= 11 is 0. The van der Waals surface area contributed by atoms with Crippen LogP contribution in [0.1, 0.15) is 35.1 Å². The Hall–Kier alpha value is -3.27. The molecular weight excluding hydrogens is 374 g/mol. The Kier molecular flexibility index (Phi) is 6.03. The van der Waals surface area contributed by atoms with Gasteiger partial charge >= 0.3 is 0 Å². The average molecular weight is 402 g/mol. The lowest BCUT2D eigenvalue weighted by Gasteiger charge is -2.48. The van der Waals surface area contributed by atoms with Crippen molar-refractivity contribution < 1.29 is 14.3 Å². The van der Waals surface area contributed by atoms with Gasteiger partial charge in [-0.15, -0.1) is 0 Å². The fraction of sp³-hybridized carbons (Fsp3) is 0.269. The van der Waals surface area contributed by atoms with Crippen LogP contribution in [0.3, 0.4) is 0 Å². The Morgan fingerprint density at radius 2 is 1.33 bits per heavy atom. The molecule has 1 heterocycles. The van der Waals surface area contributed by atoms with Crippen LogP contribution in [0.15, 0.2) is 78.9 Å². The summed E-state index contributed by atoms with van der Waals surface area (Å²) in [6, 6.07) is 26.4. The molecule has 4 nitrogen and oxygen atoms in total. The van der Waals surface area contributed by atoms with E-state index in [0.717, 1.165) is 42.0 Å². The summed E-state index contributed by atoms with van der Waals surface area (Å²) in [4.78, 5) is 15.1. The van der Waals surface area contributed by atoms with E-state index < -0.39 is 0 Å². The van der Waals surface area contributed by atoms with E-state index in [-0.39, 0.29) is 17.9 Å². The lowest BCUT2D eigenvalue weighted by atomic mass is 9.77. The van der Waals surface area contributed by atoms with Crippen LogP contribution in [-0.4, -0.2) is 31.6 Å². The van der Waals surface area contributed by atoms with Crippen LogP contribution in [0.2, 0.25) is 0 Å². The number of amides is 1. The number of carbonyl (C=O) groups is 1. The van der Waals surface area contributed by atoms with Gasteiger partial charge in [-0.2, -0.15) is 0 Å². The quantitative estimate of drug-likeness (QED) is 0.499. The summed E-state index contributed by atoms with van der Waals surface area (Å²) < 4.78 is 10.6. The van der Waals surface area contributed by atoms with Crippen LogP contribution in [0.5, 0.6) is 11.5 Å². The van der Waals surface area contributed by atoms with Crippen molar-refractivity contribution in [1.29, 1.82) is 0 Å². The van der Waals surface area contributed by atoms with Crippen LogP contribution in [0.25, 0.3) is 0 Å². The van der Waals surface area contributed by atoms with E-state index in [0.29, 0.717) is 0 Å². The first-order valence-electron chi connectivity index (χ1n) is 10.3. The molecule has 154 valence electrons. The molecule has 1 fully saturated rings. The number of benzene rings is 3. The predicted molar refractivity (Wildman–Crippen MR) is 118 cm³/mol. The van der Waals surface area contributed by atoms with E-state index in [9.17, 15) is 4.79 Å². The number of hydrogen-bond acceptors (Lipinski definition) is 3. The van der Waals surface area contributed by atoms with E-state index in [1.165, 1.54) is 5.56 Å². The van der Waals surface area contributed by atoms with Crippen LogP contribution in [0.4, 0.5) is 0 Å². The van der Waals surface area contributed by atoms with Gasteiger partial charge in [0.1, 0.15) is 11.5 Å². The van der Waals surface area contributed by atoms with Gasteiger partial charge in [-0.25, -0.2) is 0 Å². The first kappa shape index (κ1) is 20.0. The third-order valence-corrected chi connectivity index (χ3v) is 5.84. The number of methoxy groups -OCH3 is 2. The van der Waals surface area contributed by atoms with E-state index in [4.69, 9.17) is 9.47 Å². The lowest BCUT2D eigenvalue weighted by molar-refractivity contribution is -0.150. The second-order valence-electron chi connectivity index (χ2n) is 7.59. The summed E-state index contributed by atoms with van der Waals surface area (Å²) in [6.07, 6.45) is 1.91. The predicted octanol–water partition coefficient (Wildman–Crippen LogP) is 5.00. The van der Waals surface area contributed by atoms with Crippen molar-refractivity contribution >= 4 is 5.91 Å². The van der Waals surface area contributed by atoms with Crippen molar-refractivity contribution in [2.75, 3.05) is 20.8 Å². The molecule has 4 rings (SSSR count). The van der Waals surface area contributed by atoms with E-state index in [1.54, 1.807) is 14.2 Å². The molecule has 0 saturated carbocycles. The van der Waals surface area contributed by atoms with Gasteiger partial charge in [-0.3, -0.25) is 4.79 Å². The largest absolute Gasteiger partial charge is 0.497 e. The highest BCUT2D eigenvalue weighted by Crippen LogP contribution is 2.47. The molecule has 0 aliphatic carbocycles. The third-order valence-electron chi connectivity index (χ3n) is 5.84. The summed E-state index contributed by atoms with van der Waals surface area (Å²) in [5.74, 6) is 1.64. The molecule has 30 heavy (non-hydrogen) atoms. The van der Waals surface area contributed by atoms with Gasteiger partial charge in [-0.1, -0.05) is 54.6 Å². The Balaban J connectivity index is 1.54. The zero-order chi connectivity index (χ0) is 20.9. The Morgan fingerprint density at radius 1 is 0.767 bits per heavy atom. The van der Waals surface area contributed by atoms with Gasteiger partial charge < -0.3 is 14.4 Å². The van der Waals surface area contributed by atoms with Gasteiger partial charge in [0, 0.05) is 6.54 Å². The average Bonchev–Trinajstić information content (AvgIpc) is 2.81. The minimum Gasteiger partial charge on any atom is -0.497 e. The maximum Gasteiger partial charge on any atom is 0.233 e. The van der Waals surface area contributed by atoms with E-state index in [2.05, 4.69) is 36.4 Å². The zero-order valence-electron chi connectivity index (χ0n) is 17.5.